The predicted molar refractivity (Wildman–Crippen MR) is 56.1 cm³/mol. The summed E-state index contributed by atoms with van der Waals surface area (Å²) in [4.78, 5) is 24.1. The normalized spacial score (nSPS) is 51.8. The fourth-order valence-corrected chi connectivity index (χ4v) is 6.85. The average Bonchev–Trinajstić information content (AvgIpc) is 2.61. The molecule has 1 saturated carbocycles. The van der Waals surface area contributed by atoms with Crippen LogP contribution in [0.2, 0.25) is 4.82 Å². The molecule has 3 nitrogen and oxygen atoms in total. The van der Waals surface area contributed by atoms with Crippen molar-refractivity contribution in [2.45, 2.75) is 25.6 Å². The Balaban J connectivity index is 2.14. The molecule has 4 unspecified atom stereocenters. The first-order chi connectivity index (χ1) is 6.92. The van der Waals surface area contributed by atoms with Crippen LogP contribution in [0.5, 0.6) is 0 Å². The van der Waals surface area contributed by atoms with Gasteiger partial charge in [0, 0.05) is 0 Å². The van der Waals surface area contributed by atoms with E-state index in [0.29, 0.717) is 25.7 Å². The molecule has 2 heterocycles. The number of imide groups is 1. The van der Waals surface area contributed by atoms with E-state index in [2.05, 4.69) is 18.3 Å². The molecule has 3 aliphatic rings. The van der Waals surface area contributed by atoms with E-state index in [0.717, 1.165) is 0 Å². The third-order valence-electron chi connectivity index (χ3n) is 4.54. The number of fused-ring (bicyclic) bond motifs is 4. The number of hydrogen-bond acceptors (Lipinski definition) is 2. The Morgan fingerprint density at radius 2 is 1.87 bits per heavy atom. The SMILES string of the molecule is CC1=CC2C([Se]1)C1(C)C(=O)NC(=O)C21C. The molecule has 80 valence electrons. The quantitative estimate of drug-likeness (QED) is 0.520. The van der Waals surface area contributed by atoms with Crippen molar-refractivity contribution >= 4 is 26.8 Å². The third-order valence-corrected chi connectivity index (χ3v) is 7.74. The number of allylic oxidation sites excluding steroid dienone is 2. The molecule has 4 heteroatoms. The van der Waals surface area contributed by atoms with E-state index in [-0.39, 0.29) is 11.8 Å². The van der Waals surface area contributed by atoms with Gasteiger partial charge >= 0.3 is 94.6 Å². The molecule has 0 aromatic rings. The summed E-state index contributed by atoms with van der Waals surface area (Å²) in [7, 11) is 0. The topological polar surface area (TPSA) is 46.2 Å². The molecule has 15 heavy (non-hydrogen) atoms. The Morgan fingerprint density at radius 3 is 2.53 bits per heavy atom. The first-order valence-electron chi connectivity index (χ1n) is 5.13. The molecule has 1 aliphatic carbocycles. The van der Waals surface area contributed by atoms with Crippen LogP contribution in [0.3, 0.4) is 0 Å². The Morgan fingerprint density at radius 1 is 1.27 bits per heavy atom. The maximum absolute atomic E-state index is 11.9. The van der Waals surface area contributed by atoms with E-state index in [4.69, 9.17) is 0 Å². The van der Waals surface area contributed by atoms with Crippen LogP contribution in [0.25, 0.3) is 0 Å². The maximum atomic E-state index is 11.9. The second-order valence-corrected chi connectivity index (χ2v) is 7.94. The van der Waals surface area contributed by atoms with E-state index >= 15 is 0 Å². The van der Waals surface area contributed by atoms with Gasteiger partial charge < -0.3 is 0 Å². The van der Waals surface area contributed by atoms with Gasteiger partial charge in [0.25, 0.3) is 0 Å². The fourth-order valence-electron chi connectivity index (χ4n) is 3.26. The van der Waals surface area contributed by atoms with Crippen LogP contribution in [-0.4, -0.2) is 26.8 Å². The molecule has 0 radical (unpaired) electrons. The van der Waals surface area contributed by atoms with Gasteiger partial charge in [0.2, 0.25) is 0 Å². The van der Waals surface area contributed by atoms with E-state index in [1.807, 2.05) is 13.8 Å². The third kappa shape index (κ3) is 0.743. The molecule has 3 rings (SSSR count). The Bertz CT molecular complexity index is 430. The Labute approximate surface area is 94.8 Å². The summed E-state index contributed by atoms with van der Waals surface area (Å²) >= 11 is 0.390. The van der Waals surface area contributed by atoms with Crippen molar-refractivity contribution in [2.75, 3.05) is 0 Å². The van der Waals surface area contributed by atoms with Gasteiger partial charge in [0.15, 0.2) is 0 Å². The van der Waals surface area contributed by atoms with Crippen LogP contribution in [-0.2, 0) is 9.59 Å². The van der Waals surface area contributed by atoms with E-state index in [1.54, 1.807) is 0 Å². The predicted octanol–water partition coefficient (Wildman–Crippen LogP) is 0.695. The van der Waals surface area contributed by atoms with Gasteiger partial charge in [0.05, 0.1) is 0 Å². The minimum absolute atomic E-state index is 0.0544. The number of carbonyl (C=O) groups excluding carboxylic acids is 2. The Hall–Kier alpha value is -0.601. The molecule has 0 aromatic heterocycles. The van der Waals surface area contributed by atoms with Gasteiger partial charge in [-0.3, -0.25) is 0 Å². The van der Waals surface area contributed by atoms with Crippen LogP contribution in [0.15, 0.2) is 10.5 Å². The zero-order chi connectivity index (χ0) is 11.0. The molecule has 2 fully saturated rings. The summed E-state index contributed by atoms with van der Waals surface area (Å²) in [6.45, 7) is 6.02. The van der Waals surface area contributed by atoms with Crippen molar-refractivity contribution in [1.29, 1.82) is 0 Å². The summed E-state index contributed by atoms with van der Waals surface area (Å²) in [5.41, 5.74) is -0.919. The molecule has 0 bridgehead atoms. The number of rotatable bonds is 0. The second kappa shape index (κ2) is 2.38. The molecular weight excluding hydrogens is 257 g/mol. The molecule has 1 N–H and O–H groups in total. The summed E-state index contributed by atoms with van der Waals surface area (Å²) in [6.07, 6.45) is 2.21. The Kier molecular flexibility index (Phi) is 1.53. The van der Waals surface area contributed by atoms with Gasteiger partial charge in [0.1, 0.15) is 0 Å². The van der Waals surface area contributed by atoms with E-state index in [9.17, 15) is 9.59 Å². The van der Waals surface area contributed by atoms with Crippen molar-refractivity contribution in [1.82, 2.24) is 5.32 Å². The summed E-state index contributed by atoms with van der Waals surface area (Å²) in [5.74, 6) is 0.174. The molecule has 1 saturated heterocycles. The molecule has 2 amide bonds. The summed E-state index contributed by atoms with van der Waals surface area (Å²) in [6, 6.07) is 0. The van der Waals surface area contributed by atoms with Crippen molar-refractivity contribution in [2.24, 2.45) is 16.7 Å². The first-order valence-corrected chi connectivity index (χ1v) is 6.98. The van der Waals surface area contributed by atoms with Gasteiger partial charge in [-0.15, -0.1) is 0 Å². The van der Waals surface area contributed by atoms with Gasteiger partial charge in [-0.1, -0.05) is 0 Å². The van der Waals surface area contributed by atoms with Crippen LogP contribution in [0.4, 0.5) is 0 Å². The number of hydrogen-bond donors (Lipinski definition) is 1. The van der Waals surface area contributed by atoms with E-state index < -0.39 is 10.8 Å². The summed E-state index contributed by atoms with van der Waals surface area (Å²) < 4.78 is 1.38. The van der Waals surface area contributed by atoms with Gasteiger partial charge in [-0.2, -0.15) is 0 Å². The minimum atomic E-state index is -0.478. The van der Waals surface area contributed by atoms with Crippen LogP contribution < -0.4 is 5.32 Å². The summed E-state index contributed by atoms with van der Waals surface area (Å²) in [5, 5.41) is 2.51. The number of carbonyl (C=O) groups is 2. The first kappa shape index (κ1) is 9.61. The van der Waals surface area contributed by atoms with Crippen molar-refractivity contribution < 1.29 is 9.59 Å². The van der Waals surface area contributed by atoms with E-state index in [1.165, 1.54) is 4.47 Å². The van der Waals surface area contributed by atoms with Crippen molar-refractivity contribution in [3.8, 4) is 0 Å². The molecule has 4 atom stereocenters. The molecule has 2 aliphatic heterocycles. The average molecular weight is 270 g/mol. The van der Waals surface area contributed by atoms with Crippen LogP contribution in [0.1, 0.15) is 20.8 Å². The zero-order valence-corrected chi connectivity index (χ0v) is 10.7. The van der Waals surface area contributed by atoms with Crippen LogP contribution >= 0.6 is 0 Å². The fraction of sp³-hybridized carbons (Fsp3) is 0.636. The molecule has 0 spiro atoms. The second-order valence-electron chi connectivity index (χ2n) is 5.03. The molecule has 0 aromatic carbocycles. The zero-order valence-electron chi connectivity index (χ0n) is 8.96. The van der Waals surface area contributed by atoms with Crippen molar-refractivity contribution in [3.05, 3.63) is 10.5 Å². The number of amides is 2. The molecular formula is C11H13NO2Se. The standard InChI is InChI=1S/C11H13NO2Se/c1-5-4-6-7(15-5)11(3)9(14)12-8(13)10(6,11)2/h4,6-7H,1-3H3,(H,12,13,14). The number of nitrogens with one attached hydrogen (secondary N) is 1. The van der Waals surface area contributed by atoms with Crippen molar-refractivity contribution in [3.63, 3.8) is 0 Å². The monoisotopic (exact) mass is 271 g/mol. The van der Waals surface area contributed by atoms with Gasteiger partial charge in [-0.25, -0.2) is 0 Å². The van der Waals surface area contributed by atoms with Gasteiger partial charge in [-0.05, 0) is 0 Å². The van der Waals surface area contributed by atoms with Crippen LogP contribution in [0, 0.1) is 16.7 Å².